The van der Waals surface area contributed by atoms with E-state index in [1.807, 2.05) is 6.07 Å². The van der Waals surface area contributed by atoms with Crippen LogP contribution in [0.3, 0.4) is 0 Å². The Morgan fingerprint density at radius 3 is 2.31 bits per heavy atom. The van der Waals surface area contributed by atoms with Gasteiger partial charge in [-0.15, -0.1) is 0 Å². The molecule has 0 bridgehead atoms. The van der Waals surface area contributed by atoms with Crippen LogP contribution in [0.4, 0.5) is 0 Å². The van der Waals surface area contributed by atoms with Crippen molar-refractivity contribution < 1.29 is 49.6 Å². The van der Waals surface area contributed by atoms with E-state index < -0.39 is 73.6 Å². The Morgan fingerprint density at radius 1 is 1.03 bits per heavy atom. The second-order valence-corrected chi connectivity index (χ2v) is 7.55. The molecule has 2 fully saturated rings. The maximum Gasteiger partial charge on any atom is 0.189 e. The monoisotopic (exact) mass is 417 g/mol. The molecule has 0 amide bonds. The summed E-state index contributed by atoms with van der Waals surface area (Å²) in [5.41, 5.74) is -1.31. The fourth-order valence-electron chi connectivity index (χ4n) is 3.68. The van der Waals surface area contributed by atoms with Crippen molar-refractivity contribution in [3.05, 3.63) is 12.2 Å². The SMILES string of the molecule is C[C@H]1O[C@@H](O[C@H]2[C@H](O)[C@@H](O)[C@H](OC3(C#N)C=CCC3)O[C@@H]2CO)[C@@H](O)[C@@H](O)[C@@H]1O. The molecule has 6 N–H and O–H groups in total. The largest absolute Gasteiger partial charge is 0.394 e. The Balaban J connectivity index is 1.71. The molecule has 11 atom stereocenters. The quantitative estimate of drug-likeness (QED) is 0.255. The second kappa shape index (κ2) is 8.91. The molecule has 3 rings (SSSR count). The van der Waals surface area contributed by atoms with Gasteiger partial charge in [0.2, 0.25) is 0 Å². The van der Waals surface area contributed by atoms with Gasteiger partial charge in [0.25, 0.3) is 0 Å². The highest BCUT2D eigenvalue weighted by Gasteiger charge is 2.51. The lowest BCUT2D eigenvalue weighted by molar-refractivity contribution is -0.361. The molecule has 0 aromatic rings. The van der Waals surface area contributed by atoms with Crippen LogP contribution in [0.2, 0.25) is 0 Å². The number of aliphatic hydroxyl groups excluding tert-OH is 6. The lowest BCUT2D eigenvalue weighted by atomic mass is 9.97. The fourth-order valence-corrected chi connectivity index (χ4v) is 3.68. The van der Waals surface area contributed by atoms with E-state index in [2.05, 4.69) is 0 Å². The number of aliphatic hydroxyl groups is 6. The molecule has 0 saturated carbocycles. The van der Waals surface area contributed by atoms with E-state index in [-0.39, 0.29) is 0 Å². The summed E-state index contributed by atoms with van der Waals surface area (Å²) in [7, 11) is 0. The van der Waals surface area contributed by atoms with Crippen LogP contribution >= 0.6 is 0 Å². The fraction of sp³-hybridized carbons (Fsp3) is 0.833. The zero-order valence-electron chi connectivity index (χ0n) is 15.8. The average Bonchev–Trinajstić information content (AvgIpc) is 3.18. The van der Waals surface area contributed by atoms with Gasteiger partial charge in [-0.3, -0.25) is 0 Å². The standard InChI is InChI=1S/C18H27NO10/c1-8-10(21)11(22)13(24)16(26-8)28-15-9(6-20)27-17(14(25)12(15)23)29-18(7-19)4-2-3-5-18/h2,4,8-17,20-25H,3,5-6H2,1H3/t8-,9-,10-,11+,12-,13+,14-,15-,16+,17+,18?/m1/s1. The Bertz CT molecular complexity index is 639. The molecule has 29 heavy (non-hydrogen) atoms. The first-order chi connectivity index (χ1) is 13.7. The van der Waals surface area contributed by atoms with E-state index in [1.165, 1.54) is 6.92 Å². The molecule has 1 aliphatic carbocycles. The molecular formula is C18H27NO10. The van der Waals surface area contributed by atoms with Gasteiger partial charge in [0.15, 0.2) is 18.2 Å². The van der Waals surface area contributed by atoms with Crippen molar-refractivity contribution in [2.45, 2.75) is 86.8 Å². The van der Waals surface area contributed by atoms with Crippen molar-refractivity contribution in [3.63, 3.8) is 0 Å². The van der Waals surface area contributed by atoms with Crippen molar-refractivity contribution in [1.82, 2.24) is 0 Å². The minimum atomic E-state index is -1.63. The predicted molar refractivity (Wildman–Crippen MR) is 92.8 cm³/mol. The lowest BCUT2D eigenvalue weighted by Gasteiger charge is -2.46. The van der Waals surface area contributed by atoms with Crippen molar-refractivity contribution in [1.29, 1.82) is 5.26 Å². The number of hydrogen-bond acceptors (Lipinski definition) is 11. The molecule has 3 aliphatic rings. The summed E-state index contributed by atoms with van der Waals surface area (Å²) in [4.78, 5) is 0. The van der Waals surface area contributed by atoms with Crippen molar-refractivity contribution in [2.24, 2.45) is 0 Å². The Kier molecular flexibility index (Phi) is 6.91. The summed E-state index contributed by atoms with van der Waals surface area (Å²) in [6, 6.07) is 2.01. The lowest BCUT2D eigenvalue weighted by Crippen LogP contribution is -2.64. The number of rotatable bonds is 5. The van der Waals surface area contributed by atoms with Gasteiger partial charge in [-0.2, -0.15) is 5.26 Å². The smallest absolute Gasteiger partial charge is 0.189 e. The van der Waals surface area contributed by atoms with Gasteiger partial charge in [0.05, 0.1) is 12.7 Å². The Hall–Kier alpha value is -1.17. The van der Waals surface area contributed by atoms with Crippen LogP contribution in [0.15, 0.2) is 12.2 Å². The van der Waals surface area contributed by atoms with Gasteiger partial charge in [0, 0.05) is 0 Å². The molecule has 1 unspecified atom stereocenters. The van der Waals surface area contributed by atoms with Crippen LogP contribution in [0.5, 0.6) is 0 Å². The molecule has 164 valence electrons. The van der Waals surface area contributed by atoms with E-state index in [0.29, 0.717) is 12.8 Å². The maximum absolute atomic E-state index is 10.5. The molecule has 11 heteroatoms. The third-order valence-corrected chi connectivity index (χ3v) is 5.51. The van der Waals surface area contributed by atoms with Gasteiger partial charge >= 0.3 is 0 Å². The number of nitriles is 1. The highest BCUT2D eigenvalue weighted by atomic mass is 16.7. The molecule has 2 heterocycles. The van der Waals surface area contributed by atoms with E-state index in [0.717, 1.165) is 0 Å². The van der Waals surface area contributed by atoms with Crippen LogP contribution in [0.25, 0.3) is 0 Å². The summed E-state index contributed by atoms with van der Waals surface area (Å²) in [6.07, 6.45) is -9.77. The van der Waals surface area contributed by atoms with Crippen LogP contribution < -0.4 is 0 Å². The molecule has 2 aliphatic heterocycles. The summed E-state index contributed by atoms with van der Waals surface area (Å²) < 4.78 is 22.0. The summed E-state index contributed by atoms with van der Waals surface area (Å²) in [6.45, 7) is 0.829. The minimum absolute atomic E-state index is 0.357. The molecule has 11 nitrogen and oxygen atoms in total. The second-order valence-electron chi connectivity index (χ2n) is 7.55. The van der Waals surface area contributed by atoms with Crippen LogP contribution in [0, 0.1) is 11.3 Å². The van der Waals surface area contributed by atoms with Gasteiger partial charge in [-0.05, 0) is 25.8 Å². The molecular weight excluding hydrogens is 390 g/mol. The van der Waals surface area contributed by atoms with Gasteiger partial charge in [-0.25, -0.2) is 0 Å². The van der Waals surface area contributed by atoms with E-state index >= 15 is 0 Å². The molecule has 0 aromatic heterocycles. The zero-order valence-corrected chi connectivity index (χ0v) is 15.8. The zero-order chi connectivity index (χ0) is 21.3. The van der Waals surface area contributed by atoms with E-state index in [1.54, 1.807) is 12.2 Å². The summed E-state index contributed by atoms with van der Waals surface area (Å²) >= 11 is 0. The molecule has 0 spiro atoms. The topological polar surface area (TPSA) is 182 Å². The highest BCUT2D eigenvalue weighted by Crippen LogP contribution is 2.34. The summed E-state index contributed by atoms with van der Waals surface area (Å²) in [5.74, 6) is 0. The Labute approximate surface area is 167 Å². The van der Waals surface area contributed by atoms with E-state index in [9.17, 15) is 35.9 Å². The maximum atomic E-state index is 10.5. The summed E-state index contributed by atoms with van der Waals surface area (Å²) in [5, 5.41) is 69.8. The first kappa shape index (κ1) is 22.5. The third-order valence-electron chi connectivity index (χ3n) is 5.51. The van der Waals surface area contributed by atoms with Crippen molar-refractivity contribution >= 4 is 0 Å². The van der Waals surface area contributed by atoms with Crippen LogP contribution in [-0.2, 0) is 18.9 Å². The number of hydrogen-bond donors (Lipinski definition) is 6. The first-order valence-corrected chi connectivity index (χ1v) is 9.47. The normalized spacial score (nSPS) is 50.4. The molecule has 2 saturated heterocycles. The van der Waals surface area contributed by atoms with Gasteiger partial charge in [-0.1, -0.05) is 6.08 Å². The predicted octanol–water partition coefficient (Wildman–Crippen LogP) is -2.73. The van der Waals surface area contributed by atoms with Crippen LogP contribution in [0.1, 0.15) is 19.8 Å². The number of ether oxygens (including phenoxy) is 4. The average molecular weight is 417 g/mol. The van der Waals surface area contributed by atoms with Crippen molar-refractivity contribution in [3.8, 4) is 6.07 Å². The Morgan fingerprint density at radius 2 is 1.72 bits per heavy atom. The number of allylic oxidation sites excluding steroid dienone is 1. The van der Waals surface area contributed by atoms with Crippen molar-refractivity contribution in [2.75, 3.05) is 6.61 Å². The number of nitrogens with zero attached hydrogens (tertiary/aromatic N) is 1. The highest BCUT2D eigenvalue weighted by molar-refractivity contribution is 5.21. The van der Waals surface area contributed by atoms with Gasteiger partial charge in [0.1, 0.15) is 48.8 Å². The van der Waals surface area contributed by atoms with Crippen LogP contribution in [-0.4, -0.2) is 104 Å². The van der Waals surface area contributed by atoms with Gasteiger partial charge < -0.3 is 49.6 Å². The molecule has 0 radical (unpaired) electrons. The minimum Gasteiger partial charge on any atom is -0.394 e. The third kappa shape index (κ3) is 4.33. The first-order valence-electron chi connectivity index (χ1n) is 9.47. The molecule has 0 aromatic carbocycles. The van der Waals surface area contributed by atoms with E-state index in [4.69, 9.17) is 18.9 Å².